The zero-order valence-electron chi connectivity index (χ0n) is 12.1. The van der Waals surface area contributed by atoms with Crippen LogP contribution < -0.4 is 19.5 Å². The molecule has 112 valence electrons. The molecule has 6 nitrogen and oxygen atoms in total. The summed E-state index contributed by atoms with van der Waals surface area (Å²) in [6.07, 6.45) is 0. The number of benzene rings is 2. The van der Waals surface area contributed by atoms with E-state index in [9.17, 15) is 0 Å². The van der Waals surface area contributed by atoms with E-state index in [1.165, 1.54) is 0 Å². The average Bonchev–Trinajstić information content (AvgIpc) is 2.94. The fourth-order valence-corrected chi connectivity index (χ4v) is 2.42. The highest BCUT2D eigenvalue weighted by atomic mass is 16.6. The summed E-state index contributed by atoms with van der Waals surface area (Å²) in [4.78, 5) is 7.76. The number of anilines is 2. The summed E-state index contributed by atoms with van der Waals surface area (Å²) in [6, 6.07) is 11.5. The van der Waals surface area contributed by atoms with Gasteiger partial charge < -0.3 is 24.5 Å². The van der Waals surface area contributed by atoms with Gasteiger partial charge in [0.15, 0.2) is 11.5 Å². The molecule has 1 aliphatic heterocycles. The molecule has 0 spiro atoms. The predicted octanol–water partition coefficient (Wildman–Crippen LogP) is 3.09. The van der Waals surface area contributed by atoms with E-state index in [0.29, 0.717) is 19.2 Å². The minimum Gasteiger partial charge on any atom is -0.497 e. The Labute approximate surface area is 127 Å². The number of imidazole rings is 1. The van der Waals surface area contributed by atoms with Crippen molar-refractivity contribution >= 4 is 22.7 Å². The van der Waals surface area contributed by atoms with Crippen LogP contribution in [0, 0.1) is 0 Å². The monoisotopic (exact) mass is 297 g/mol. The van der Waals surface area contributed by atoms with Crippen LogP contribution >= 0.6 is 0 Å². The third-order valence-electron chi connectivity index (χ3n) is 3.50. The van der Waals surface area contributed by atoms with Crippen LogP contribution in [-0.4, -0.2) is 30.3 Å². The van der Waals surface area contributed by atoms with Gasteiger partial charge in [-0.1, -0.05) is 0 Å². The van der Waals surface area contributed by atoms with Crippen LogP contribution in [0.3, 0.4) is 0 Å². The highest BCUT2D eigenvalue weighted by Crippen LogP contribution is 2.34. The van der Waals surface area contributed by atoms with E-state index >= 15 is 0 Å². The van der Waals surface area contributed by atoms with Gasteiger partial charge in [0.1, 0.15) is 19.0 Å². The maximum Gasteiger partial charge on any atom is 0.205 e. The van der Waals surface area contributed by atoms with Gasteiger partial charge in [0.2, 0.25) is 5.95 Å². The van der Waals surface area contributed by atoms with Crippen molar-refractivity contribution in [1.29, 1.82) is 0 Å². The van der Waals surface area contributed by atoms with Crippen LogP contribution in [0.2, 0.25) is 0 Å². The fraction of sp³-hybridized carbons (Fsp3) is 0.188. The van der Waals surface area contributed by atoms with Crippen LogP contribution in [0.4, 0.5) is 11.6 Å². The summed E-state index contributed by atoms with van der Waals surface area (Å²) in [6.45, 7) is 1.14. The van der Waals surface area contributed by atoms with E-state index < -0.39 is 0 Å². The molecule has 4 rings (SSSR count). The van der Waals surface area contributed by atoms with Gasteiger partial charge in [-0.2, -0.15) is 0 Å². The molecule has 0 amide bonds. The standard InChI is InChI=1S/C16H15N3O3/c1-20-11-4-2-10(3-5-11)17-16-18-12-8-14-15(9-13(12)19-16)22-7-6-21-14/h2-5,8-9H,6-7H2,1H3,(H2,17,18,19). The summed E-state index contributed by atoms with van der Waals surface area (Å²) < 4.78 is 16.3. The lowest BCUT2D eigenvalue weighted by atomic mass is 10.2. The maximum atomic E-state index is 5.58. The normalized spacial score (nSPS) is 13.1. The number of hydrogen-bond donors (Lipinski definition) is 2. The zero-order chi connectivity index (χ0) is 14.9. The Morgan fingerprint density at radius 3 is 2.55 bits per heavy atom. The molecule has 0 aliphatic carbocycles. The van der Waals surface area contributed by atoms with Crippen molar-refractivity contribution in [3.05, 3.63) is 36.4 Å². The second-order valence-corrected chi connectivity index (χ2v) is 4.95. The molecule has 3 aromatic rings. The highest BCUT2D eigenvalue weighted by Gasteiger charge is 2.14. The second kappa shape index (κ2) is 5.14. The number of methoxy groups -OCH3 is 1. The van der Waals surface area contributed by atoms with Gasteiger partial charge in [-0.3, -0.25) is 0 Å². The van der Waals surface area contributed by atoms with Crippen LogP contribution in [0.5, 0.6) is 17.2 Å². The molecule has 0 bridgehead atoms. The van der Waals surface area contributed by atoms with Crippen LogP contribution in [0.15, 0.2) is 36.4 Å². The zero-order valence-corrected chi connectivity index (χ0v) is 12.1. The molecule has 22 heavy (non-hydrogen) atoms. The van der Waals surface area contributed by atoms with Crippen molar-refractivity contribution in [2.24, 2.45) is 0 Å². The Hall–Kier alpha value is -2.89. The topological polar surface area (TPSA) is 68.4 Å². The number of H-pyrrole nitrogens is 1. The fourth-order valence-electron chi connectivity index (χ4n) is 2.42. The van der Waals surface area contributed by atoms with Crippen molar-refractivity contribution in [3.63, 3.8) is 0 Å². The third-order valence-corrected chi connectivity index (χ3v) is 3.50. The molecule has 0 atom stereocenters. The number of aromatic amines is 1. The molecule has 0 saturated heterocycles. The predicted molar refractivity (Wildman–Crippen MR) is 83.4 cm³/mol. The van der Waals surface area contributed by atoms with Gasteiger partial charge in [0.05, 0.1) is 18.1 Å². The minimum absolute atomic E-state index is 0.569. The van der Waals surface area contributed by atoms with E-state index in [1.54, 1.807) is 7.11 Å². The third kappa shape index (κ3) is 2.28. The van der Waals surface area contributed by atoms with Crippen molar-refractivity contribution in [1.82, 2.24) is 9.97 Å². The number of rotatable bonds is 3. The summed E-state index contributed by atoms with van der Waals surface area (Å²) in [5.74, 6) is 2.97. The number of ether oxygens (including phenoxy) is 3. The molecular formula is C16H15N3O3. The molecule has 1 aromatic heterocycles. The van der Waals surface area contributed by atoms with Gasteiger partial charge in [0, 0.05) is 17.8 Å². The number of nitrogens with zero attached hydrogens (tertiary/aromatic N) is 1. The maximum absolute atomic E-state index is 5.58. The molecule has 2 N–H and O–H groups in total. The summed E-state index contributed by atoms with van der Waals surface area (Å²) in [5.41, 5.74) is 2.66. The van der Waals surface area contributed by atoms with Gasteiger partial charge in [-0.05, 0) is 24.3 Å². The first-order valence-corrected chi connectivity index (χ1v) is 7.02. The van der Waals surface area contributed by atoms with E-state index in [4.69, 9.17) is 14.2 Å². The Morgan fingerprint density at radius 2 is 1.82 bits per heavy atom. The smallest absolute Gasteiger partial charge is 0.205 e. The Morgan fingerprint density at radius 1 is 1.09 bits per heavy atom. The molecule has 0 radical (unpaired) electrons. The minimum atomic E-state index is 0.569. The lowest BCUT2D eigenvalue weighted by Crippen LogP contribution is -2.15. The quantitative estimate of drug-likeness (QED) is 0.777. The number of nitrogens with one attached hydrogen (secondary N) is 2. The van der Waals surface area contributed by atoms with E-state index in [-0.39, 0.29) is 0 Å². The summed E-state index contributed by atoms with van der Waals surface area (Å²) in [7, 11) is 1.65. The summed E-state index contributed by atoms with van der Waals surface area (Å²) in [5, 5.41) is 3.23. The number of aromatic nitrogens is 2. The SMILES string of the molecule is COc1ccc(Nc2nc3cc4c(cc3[nH]2)OCCO4)cc1. The first-order valence-electron chi connectivity index (χ1n) is 7.02. The molecule has 0 saturated carbocycles. The van der Waals surface area contributed by atoms with Crippen molar-refractivity contribution in [2.45, 2.75) is 0 Å². The molecule has 1 aliphatic rings. The van der Waals surface area contributed by atoms with Gasteiger partial charge in [0.25, 0.3) is 0 Å². The molecule has 0 fully saturated rings. The first-order chi connectivity index (χ1) is 10.8. The lowest BCUT2D eigenvalue weighted by Gasteiger charge is -2.17. The highest BCUT2D eigenvalue weighted by molar-refractivity contribution is 5.82. The van der Waals surface area contributed by atoms with Crippen LogP contribution in [0.25, 0.3) is 11.0 Å². The van der Waals surface area contributed by atoms with E-state index in [1.807, 2.05) is 36.4 Å². The van der Waals surface area contributed by atoms with E-state index in [2.05, 4.69) is 15.3 Å². The van der Waals surface area contributed by atoms with Crippen LogP contribution in [-0.2, 0) is 0 Å². The lowest BCUT2D eigenvalue weighted by molar-refractivity contribution is 0.172. The Kier molecular flexibility index (Phi) is 3.00. The van der Waals surface area contributed by atoms with Gasteiger partial charge in [-0.15, -0.1) is 0 Å². The number of fused-ring (bicyclic) bond motifs is 2. The van der Waals surface area contributed by atoms with Crippen molar-refractivity contribution in [3.8, 4) is 17.2 Å². The Balaban J connectivity index is 1.64. The van der Waals surface area contributed by atoms with E-state index in [0.717, 1.165) is 34.0 Å². The van der Waals surface area contributed by atoms with Gasteiger partial charge in [-0.25, -0.2) is 4.98 Å². The molecule has 2 heterocycles. The average molecular weight is 297 g/mol. The van der Waals surface area contributed by atoms with Crippen molar-refractivity contribution < 1.29 is 14.2 Å². The number of hydrogen-bond acceptors (Lipinski definition) is 5. The molecule has 2 aromatic carbocycles. The molecule has 0 unspecified atom stereocenters. The largest absolute Gasteiger partial charge is 0.497 e. The van der Waals surface area contributed by atoms with Gasteiger partial charge >= 0.3 is 0 Å². The second-order valence-electron chi connectivity index (χ2n) is 4.95. The summed E-state index contributed by atoms with van der Waals surface area (Å²) >= 11 is 0. The Bertz CT molecular complexity index is 768. The molecule has 6 heteroatoms. The molecular weight excluding hydrogens is 282 g/mol. The van der Waals surface area contributed by atoms with Crippen molar-refractivity contribution in [2.75, 3.05) is 25.6 Å². The van der Waals surface area contributed by atoms with Crippen LogP contribution in [0.1, 0.15) is 0 Å². The first kappa shape index (κ1) is 12.8.